The van der Waals surface area contributed by atoms with Crippen molar-refractivity contribution in [1.82, 2.24) is 15.5 Å². The Hall–Kier alpha value is -1.59. The molecule has 0 amide bonds. The first-order valence-electron chi connectivity index (χ1n) is 9.94. The van der Waals surface area contributed by atoms with E-state index in [-0.39, 0.29) is 0 Å². The van der Waals surface area contributed by atoms with E-state index in [1.54, 1.807) is 7.11 Å². The standard InChI is InChI=1S/C21H36N4O/c1-5-22-21(23-9-6-19-15-17(2)14-18(3)16-19)24-20-7-10-25(11-8-20)12-13-26-4/h14-16,20H,5-13H2,1-4H3,(H2,22,23,24). The Morgan fingerprint density at radius 3 is 2.50 bits per heavy atom. The van der Waals surface area contributed by atoms with Gasteiger partial charge in [0, 0.05) is 45.9 Å². The third-order valence-electron chi connectivity index (χ3n) is 4.84. The third kappa shape index (κ3) is 7.34. The number of aryl methyl sites for hydroxylation is 2. The summed E-state index contributed by atoms with van der Waals surface area (Å²) in [7, 11) is 1.77. The topological polar surface area (TPSA) is 48.9 Å². The molecule has 5 heteroatoms. The van der Waals surface area contributed by atoms with Gasteiger partial charge in [0.05, 0.1) is 6.61 Å². The van der Waals surface area contributed by atoms with Gasteiger partial charge in [0.15, 0.2) is 5.96 Å². The van der Waals surface area contributed by atoms with Gasteiger partial charge in [0.2, 0.25) is 0 Å². The normalized spacial score (nSPS) is 16.7. The molecule has 5 nitrogen and oxygen atoms in total. The van der Waals surface area contributed by atoms with Crippen molar-refractivity contribution in [2.24, 2.45) is 4.99 Å². The van der Waals surface area contributed by atoms with Crippen LogP contribution in [0.15, 0.2) is 23.2 Å². The van der Waals surface area contributed by atoms with Crippen molar-refractivity contribution in [2.75, 3.05) is 46.4 Å². The summed E-state index contributed by atoms with van der Waals surface area (Å²) >= 11 is 0. The largest absolute Gasteiger partial charge is 0.383 e. The van der Waals surface area contributed by atoms with E-state index in [2.05, 4.69) is 54.5 Å². The number of rotatable bonds is 8. The Kier molecular flexibility index (Phi) is 8.92. The number of aliphatic imine (C=N–C) groups is 1. The lowest BCUT2D eigenvalue weighted by atomic mass is 10.1. The molecule has 0 aliphatic carbocycles. The van der Waals surface area contributed by atoms with Crippen LogP contribution < -0.4 is 10.6 Å². The number of nitrogens with zero attached hydrogens (tertiary/aromatic N) is 2. The van der Waals surface area contributed by atoms with Crippen molar-refractivity contribution in [3.63, 3.8) is 0 Å². The van der Waals surface area contributed by atoms with Gasteiger partial charge in [-0.25, -0.2) is 0 Å². The fourth-order valence-electron chi connectivity index (χ4n) is 3.54. The van der Waals surface area contributed by atoms with Gasteiger partial charge in [-0.1, -0.05) is 29.3 Å². The number of likely N-dealkylation sites (tertiary alicyclic amines) is 1. The molecule has 146 valence electrons. The number of guanidine groups is 1. The molecule has 0 bridgehead atoms. The summed E-state index contributed by atoms with van der Waals surface area (Å²) in [5.74, 6) is 0.951. The van der Waals surface area contributed by atoms with E-state index in [4.69, 9.17) is 9.73 Å². The van der Waals surface area contributed by atoms with E-state index >= 15 is 0 Å². The lowest BCUT2D eigenvalue weighted by Crippen LogP contribution is -2.49. The van der Waals surface area contributed by atoms with Crippen LogP contribution in [0.25, 0.3) is 0 Å². The second-order valence-electron chi connectivity index (χ2n) is 7.26. The molecule has 1 aromatic rings. The predicted molar refractivity (Wildman–Crippen MR) is 110 cm³/mol. The van der Waals surface area contributed by atoms with Crippen molar-refractivity contribution in [3.8, 4) is 0 Å². The van der Waals surface area contributed by atoms with Crippen LogP contribution in [0.5, 0.6) is 0 Å². The van der Waals surface area contributed by atoms with Gasteiger partial charge in [-0.2, -0.15) is 0 Å². The SMILES string of the molecule is CCNC(=NCCc1cc(C)cc(C)c1)NC1CCN(CCOC)CC1. The minimum Gasteiger partial charge on any atom is -0.383 e. The first kappa shape index (κ1) is 20.7. The van der Waals surface area contributed by atoms with Gasteiger partial charge >= 0.3 is 0 Å². The average molecular weight is 361 g/mol. The van der Waals surface area contributed by atoms with Crippen LogP contribution >= 0.6 is 0 Å². The monoisotopic (exact) mass is 360 g/mol. The molecule has 1 heterocycles. The number of hydrogen-bond donors (Lipinski definition) is 2. The maximum Gasteiger partial charge on any atom is 0.191 e. The van der Waals surface area contributed by atoms with Crippen LogP contribution in [0, 0.1) is 13.8 Å². The summed E-state index contributed by atoms with van der Waals surface area (Å²) in [6, 6.07) is 7.25. The Bertz CT molecular complexity index is 545. The fourth-order valence-corrected chi connectivity index (χ4v) is 3.54. The molecule has 1 aromatic carbocycles. The lowest BCUT2D eigenvalue weighted by molar-refractivity contribution is 0.128. The first-order valence-corrected chi connectivity index (χ1v) is 9.94. The predicted octanol–water partition coefficient (Wildman–Crippen LogP) is 2.51. The number of ether oxygens (including phenoxy) is 1. The van der Waals surface area contributed by atoms with E-state index in [1.807, 2.05) is 0 Å². The van der Waals surface area contributed by atoms with Crippen molar-refractivity contribution >= 4 is 5.96 Å². The summed E-state index contributed by atoms with van der Waals surface area (Å²) < 4.78 is 5.18. The van der Waals surface area contributed by atoms with Crippen LogP contribution in [0.4, 0.5) is 0 Å². The second kappa shape index (κ2) is 11.2. The van der Waals surface area contributed by atoms with E-state index in [0.29, 0.717) is 6.04 Å². The van der Waals surface area contributed by atoms with E-state index in [1.165, 1.54) is 16.7 Å². The molecular weight excluding hydrogens is 324 g/mol. The zero-order chi connectivity index (χ0) is 18.8. The van der Waals surface area contributed by atoms with Gasteiger partial charge < -0.3 is 20.3 Å². The average Bonchev–Trinajstić information content (AvgIpc) is 2.60. The number of piperidine rings is 1. The highest BCUT2D eigenvalue weighted by Crippen LogP contribution is 2.11. The van der Waals surface area contributed by atoms with Crippen LogP contribution in [0.3, 0.4) is 0 Å². The van der Waals surface area contributed by atoms with Gasteiger partial charge in [-0.05, 0) is 45.6 Å². The third-order valence-corrected chi connectivity index (χ3v) is 4.84. The quantitative estimate of drug-likeness (QED) is 0.552. The highest BCUT2D eigenvalue weighted by Gasteiger charge is 2.19. The van der Waals surface area contributed by atoms with Crippen molar-refractivity contribution in [2.45, 2.75) is 46.1 Å². The summed E-state index contributed by atoms with van der Waals surface area (Å²) in [4.78, 5) is 7.27. The van der Waals surface area contributed by atoms with Gasteiger partial charge in [0.1, 0.15) is 0 Å². The number of hydrogen-bond acceptors (Lipinski definition) is 3. The Balaban J connectivity index is 1.81. The molecule has 0 unspecified atom stereocenters. The summed E-state index contributed by atoms with van der Waals surface area (Å²) in [6.45, 7) is 12.2. The molecule has 1 saturated heterocycles. The molecule has 2 N–H and O–H groups in total. The van der Waals surface area contributed by atoms with E-state index in [0.717, 1.165) is 64.6 Å². The van der Waals surface area contributed by atoms with Crippen LogP contribution in [-0.4, -0.2) is 63.3 Å². The fraction of sp³-hybridized carbons (Fsp3) is 0.667. The molecule has 0 saturated carbocycles. The Morgan fingerprint density at radius 1 is 1.19 bits per heavy atom. The van der Waals surface area contributed by atoms with Gasteiger partial charge in [-0.15, -0.1) is 0 Å². The van der Waals surface area contributed by atoms with Crippen LogP contribution in [0.1, 0.15) is 36.5 Å². The zero-order valence-corrected chi connectivity index (χ0v) is 17.0. The van der Waals surface area contributed by atoms with Crippen molar-refractivity contribution in [1.29, 1.82) is 0 Å². The maximum absolute atomic E-state index is 5.18. The maximum atomic E-state index is 5.18. The molecule has 0 radical (unpaired) electrons. The molecule has 1 aliphatic rings. The smallest absolute Gasteiger partial charge is 0.191 e. The molecule has 1 aliphatic heterocycles. The van der Waals surface area contributed by atoms with Crippen molar-refractivity contribution in [3.05, 3.63) is 34.9 Å². The van der Waals surface area contributed by atoms with E-state index < -0.39 is 0 Å². The lowest BCUT2D eigenvalue weighted by Gasteiger charge is -2.32. The zero-order valence-electron chi connectivity index (χ0n) is 17.0. The van der Waals surface area contributed by atoms with Crippen LogP contribution in [0.2, 0.25) is 0 Å². The van der Waals surface area contributed by atoms with Gasteiger partial charge in [0.25, 0.3) is 0 Å². The minimum absolute atomic E-state index is 0.507. The molecule has 1 fully saturated rings. The molecule has 26 heavy (non-hydrogen) atoms. The number of nitrogens with one attached hydrogen (secondary N) is 2. The number of methoxy groups -OCH3 is 1. The van der Waals surface area contributed by atoms with Crippen LogP contribution in [-0.2, 0) is 11.2 Å². The molecule has 0 spiro atoms. The summed E-state index contributed by atoms with van der Waals surface area (Å²) in [6.07, 6.45) is 3.30. The number of benzene rings is 1. The highest BCUT2D eigenvalue weighted by molar-refractivity contribution is 5.80. The molecule has 0 atom stereocenters. The second-order valence-corrected chi connectivity index (χ2v) is 7.26. The molecular formula is C21H36N4O. The Labute approximate surface area is 159 Å². The highest BCUT2D eigenvalue weighted by atomic mass is 16.5. The first-order chi connectivity index (χ1) is 12.6. The summed E-state index contributed by atoms with van der Waals surface area (Å²) in [5, 5.41) is 7.01. The minimum atomic E-state index is 0.507. The molecule has 2 rings (SSSR count). The van der Waals surface area contributed by atoms with Crippen molar-refractivity contribution < 1.29 is 4.74 Å². The van der Waals surface area contributed by atoms with Gasteiger partial charge in [-0.3, -0.25) is 4.99 Å². The Morgan fingerprint density at radius 2 is 1.88 bits per heavy atom. The van der Waals surface area contributed by atoms with E-state index in [9.17, 15) is 0 Å². The molecule has 0 aromatic heterocycles. The summed E-state index contributed by atoms with van der Waals surface area (Å²) in [5.41, 5.74) is 4.03.